The highest BCUT2D eigenvalue weighted by atomic mass is 16.2. The van der Waals surface area contributed by atoms with Crippen molar-refractivity contribution >= 4 is 11.6 Å². The molecule has 2 aromatic carbocycles. The molecule has 0 aromatic heterocycles. The molecular formula is C30H44N4O. The lowest BCUT2D eigenvalue weighted by molar-refractivity contribution is 0.0773. The number of rotatable bonds is 8. The molecule has 4 rings (SSSR count). The molecule has 1 amide bonds. The number of nitrogens with zero attached hydrogens (tertiary/aromatic N) is 2. The summed E-state index contributed by atoms with van der Waals surface area (Å²) < 4.78 is 0. The van der Waals surface area contributed by atoms with Crippen molar-refractivity contribution < 1.29 is 4.79 Å². The smallest absolute Gasteiger partial charge is 0.253 e. The van der Waals surface area contributed by atoms with Crippen molar-refractivity contribution in [2.45, 2.75) is 70.9 Å². The zero-order valence-electron chi connectivity index (χ0n) is 21.8. The van der Waals surface area contributed by atoms with E-state index < -0.39 is 0 Å². The minimum Gasteiger partial charge on any atom is -0.382 e. The third kappa shape index (κ3) is 6.86. The molecule has 2 aromatic rings. The molecule has 5 heteroatoms. The Morgan fingerprint density at radius 1 is 0.943 bits per heavy atom. The quantitative estimate of drug-likeness (QED) is 0.514. The van der Waals surface area contributed by atoms with E-state index in [1.165, 1.54) is 61.8 Å². The summed E-state index contributed by atoms with van der Waals surface area (Å²) in [5.41, 5.74) is 4.59. The molecule has 0 unspecified atom stereocenters. The number of benzene rings is 2. The van der Waals surface area contributed by atoms with E-state index in [-0.39, 0.29) is 11.9 Å². The van der Waals surface area contributed by atoms with E-state index in [9.17, 15) is 4.79 Å². The van der Waals surface area contributed by atoms with Gasteiger partial charge in [0.1, 0.15) is 0 Å². The highest BCUT2D eigenvalue weighted by Gasteiger charge is 2.25. The lowest BCUT2D eigenvalue weighted by Gasteiger charge is -2.36. The van der Waals surface area contributed by atoms with E-state index in [0.717, 1.165) is 44.8 Å². The van der Waals surface area contributed by atoms with Crippen molar-refractivity contribution in [3.8, 4) is 0 Å². The fourth-order valence-electron chi connectivity index (χ4n) is 5.69. The van der Waals surface area contributed by atoms with Crippen LogP contribution in [0.5, 0.6) is 0 Å². The Bertz CT molecular complexity index is 910. The van der Waals surface area contributed by atoms with Crippen molar-refractivity contribution in [3.63, 3.8) is 0 Å². The van der Waals surface area contributed by atoms with E-state index in [4.69, 9.17) is 0 Å². The van der Waals surface area contributed by atoms with Gasteiger partial charge in [-0.3, -0.25) is 9.69 Å². The molecule has 1 atom stereocenters. The molecule has 1 saturated heterocycles. The minimum absolute atomic E-state index is 0.116. The summed E-state index contributed by atoms with van der Waals surface area (Å²) in [6, 6.07) is 18.2. The van der Waals surface area contributed by atoms with Gasteiger partial charge in [-0.1, -0.05) is 56.4 Å². The van der Waals surface area contributed by atoms with Crippen molar-refractivity contribution in [1.29, 1.82) is 0 Å². The highest BCUT2D eigenvalue weighted by molar-refractivity contribution is 5.94. The van der Waals surface area contributed by atoms with Gasteiger partial charge in [-0.25, -0.2) is 0 Å². The van der Waals surface area contributed by atoms with Gasteiger partial charge in [0.25, 0.3) is 5.91 Å². The molecule has 5 nitrogen and oxygen atoms in total. The number of carbonyl (C=O) groups excluding carboxylic acids is 1. The number of hydrogen-bond donors (Lipinski definition) is 2. The van der Waals surface area contributed by atoms with Crippen LogP contribution in [-0.2, 0) is 0 Å². The third-order valence-corrected chi connectivity index (χ3v) is 7.72. The molecule has 1 heterocycles. The van der Waals surface area contributed by atoms with Crippen molar-refractivity contribution in [2.24, 2.45) is 0 Å². The standard InChI is InChI=1S/C30H44N4O/c1-3-33(4-2)30(35)25-17-15-24(16-18-25)29(34-21-19-31-20-22-34)26-11-10-14-28(23-26)32-27-12-8-6-5-7-9-13-27/h10-11,14-18,23,27,29,31-32H,3-9,12-13,19-22H2,1-2H3/t29-/m0/s1. The first-order chi connectivity index (χ1) is 17.2. The van der Waals surface area contributed by atoms with Gasteiger partial charge in [-0.2, -0.15) is 0 Å². The van der Waals surface area contributed by atoms with E-state index in [0.29, 0.717) is 6.04 Å². The van der Waals surface area contributed by atoms with Crippen LogP contribution in [-0.4, -0.2) is 61.0 Å². The summed E-state index contributed by atoms with van der Waals surface area (Å²) in [6.45, 7) is 9.60. The van der Waals surface area contributed by atoms with Gasteiger partial charge in [-0.15, -0.1) is 0 Å². The molecule has 0 spiro atoms. The summed E-state index contributed by atoms with van der Waals surface area (Å²) in [7, 11) is 0. The van der Waals surface area contributed by atoms with Crippen LogP contribution in [0.3, 0.4) is 0 Å². The molecule has 1 aliphatic carbocycles. The summed E-state index contributed by atoms with van der Waals surface area (Å²) >= 11 is 0. The largest absolute Gasteiger partial charge is 0.382 e. The number of carbonyl (C=O) groups is 1. The zero-order chi connectivity index (χ0) is 24.5. The van der Waals surface area contributed by atoms with Gasteiger partial charge in [-0.05, 0) is 62.1 Å². The number of nitrogens with one attached hydrogen (secondary N) is 2. The number of piperazine rings is 1. The van der Waals surface area contributed by atoms with Crippen LogP contribution in [0.15, 0.2) is 48.5 Å². The molecule has 1 aliphatic heterocycles. The second kappa shape index (κ2) is 13.1. The fourth-order valence-corrected chi connectivity index (χ4v) is 5.69. The average molecular weight is 477 g/mol. The molecule has 0 bridgehead atoms. The van der Waals surface area contributed by atoms with Crippen LogP contribution < -0.4 is 10.6 Å². The fraction of sp³-hybridized carbons (Fsp3) is 0.567. The maximum Gasteiger partial charge on any atom is 0.253 e. The molecule has 2 fully saturated rings. The van der Waals surface area contributed by atoms with E-state index in [2.05, 4.69) is 51.9 Å². The lowest BCUT2D eigenvalue weighted by atomic mass is 9.94. The molecular weight excluding hydrogens is 432 g/mol. The van der Waals surface area contributed by atoms with Crippen LogP contribution >= 0.6 is 0 Å². The Kier molecular flexibility index (Phi) is 9.61. The Morgan fingerprint density at radius 2 is 1.60 bits per heavy atom. The van der Waals surface area contributed by atoms with Gasteiger partial charge >= 0.3 is 0 Å². The Balaban J connectivity index is 1.57. The number of amides is 1. The van der Waals surface area contributed by atoms with Gasteiger partial charge < -0.3 is 15.5 Å². The molecule has 1 saturated carbocycles. The molecule has 2 N–H and O–H groups in total. The van der Waals surface area contributed by atoms with Crippen LogP contribution in [0.1, 0.15) is 86.3 Å². The zero-order valence-corrected chi connectivity index (χ0v) is 21.8. The second-order valence-electron chi connectivity index (χ2n) is 10.1. The predicted molar refractivity (Wildman–Crippen MR) is 146 cm³/mol. The maximum absolute atomic E-state index is 12.8. The summed E-state index contributed by atoms with van der Waals surface area (Å²) in [5.74, 6) is 0.116. The maximum atomic E-state index is 12.8. The first-order valence-corrected chi connectivity index (χ1v) is 13.9. The van der Waals surface area contributed by atoms with Crippen LogP contribution in [0.25, 0.3) is 0 Å². The Morgan fingerprint density at radius 3 is 2.26 bits per heavy atom. The van der Waals surface area contributed by atoms with Crippen LogP contribution in [0, 0.1) is 0 Å². The van der Waals surface area contributed by atoms with E-state index in [1.54, 1.807) is 0 Å². The Labute approximate surface area is 212 Å². The second-order valence-corrected chi connectivity index (χ2v) is 10.1. The molecule has 190 valence electrons. The van der Waals surface area contributed by atoms with E-state index >= 15 is 0 Å². The monoisotopic (exact) mass is 476 g/mol. The number of anilines is 1. The van der Waals surface area contributed by atoms with Gasteiger partial charge in [0, 0.05) is 56.6 Å². The average Bonchev–Trinajstić information content (AvgIpc) is 2.88. The van der Waals surface area contributed by atoms with Crippen LogP contribution in [0.4, 0.5) is 5.69 Å². The molecule has 0 radical (unpaired) electrons. The number of hydrogen-bond acceptors (Lipinski definition) is 4. The SMILES string of the molecule is CCN(CC)C(=O)c1ccc([C@@H](c2cccc(NC3CCCCCCC3)c2)N2CCNCC2)cc1. The van der Waals surface area contributed by atoms with Gasteiger partial charge in [0.15, 0.2) is 0 Å². The first kappa shape index (κ1) is 25.7. The van der Waals surface area contributed by atoms with Gasteiger partial charge in [0.05, 0.1) is 6.04 Å². The summed E-state index contributed by atoms with van der Waals surface area (Å²) in [5, 5.41) is 7.36. The lowest BCUT2D eigenvalue weighted by Crippen LogP contribution is -2.45. The third-order valence-electron chi connectivity index (χ3n) is 7.72. The topological polar surface area (TPSA) is 47.6 Å². The minimum atomic E-state index is 0.116. The van der Waals surface area contributed by atoms with Crippen molar-refractivity contribution in [1.82, 2.24) is 15.1 Å². The Hall–Kier alpha value is -2.37. The summed E-state index contributed by atoms with van der Waals surface area (Å²) in [6.07, 6.45) is 9.35. The van der Waals surface area contributed by atoms with E-state index in [1.807, 2.05) is 30.9 Å². The normalized spacial score (nSPS) is 18.9. The van der Waals surface area contributed by atoms with Crippen molar-refractivity contribution in [3.05, 3.63) is 65.2 Å². The molecule has 35 heavy (non-hydrogen) atoms. The first-order valence-electron chi connectivity index (χ1n) is 13.9. The van der Waals surface area contributed by atoms with Crippen molar-refractivity contribution in [2.75, 3.05) is 44.6 Å². The molecule has 2 aliphatic rings. The van der Waals surface area contributed by atoms with Crippen LogP contribution in [0.2, 0.25) is 0 Å². The highest BCUT2D eigenvalue weighted by Crippen LogP contribution is 2.31. The predicted octanol–water partition coefficient (Wildman–Crippen LogP) is 5.69. The van der Waals surface area contributed by atoms with Gasteiger partial charge in [0.2, 0.25) is 0 Å². The summed E-state index contributed by atoms with van der Waals surface area (Å²) in [4.78, 5) is 17.3.